The van der Waals surface area contributed by atoms with Crippen molar-refractivity contribution in [2.45, 2.75) is 0 Å². The molecule has 0 fully saturated rings. The molecule has 0 aliphatic rings. The molecule has 1 aromatic carbocycles. The number of rotatable bonds is 3. The molecule has 0 heterocycles. The average molecular weight is 227 g/mol. The number of carbonyl (C=O) groups excluding carboxylic acids is 1. The average Bonchev–Trinajstić information content (AvgIpc) is 2.15. The quantitative estimate of drug-likeness (QED) is 0.760. The third-order valence-corrected chi connectivity index (χ3v) is 1.76. The predicted octanol–water partition coefficient (Wildman–Crippen LogP) is 1.16. The van der Waals surface area contributed by atoms with E-state index in [1.165, 1.54) is 0 Å². The molecule has 16 heavy (non-hydrogen) atoms. The van der Waals surface area contributed by atoms with Gasteiger partial charge in [-0.1, -0.05) is 0 Å². The van der Waals surface area contributed by atoms with Crippen LogP contribution in [0.2, 0.25) is 0 Å². The van der Waals surface area contributed by atoms with Crippen LogP contribution in [0.3, 0.4) is 0 Å². The Morgan fingerprint density at radius 2 is 1.94 bits per heavy atom. The van der Waals surface area contributed by atoms with Crippen molar-refractivity contribution in [2.24, 2.45) is 5.73 Å². The molecule has 0 atom stereocenters. The highest BCUT2D eigenvalue weighted by Crippen LogP contribution is 2.18. The Morgan fingerprint density at radius 1 is 1.31 bits per heavy atom. The smallest absolute Gasteiger partial charge is 0.341 e. The van der Waals surface area contributed by atoms with Gasteiger partial charge in [-0.25, -0.2) is 13.6 Å². The summed E-state index contributed by atoms with van der Waals surface area (Å²) in [5.74, 6) is -4.96. The second kappa shape index (κ2) is 4.52. The number of halogens is 2. The van der Waals surface area contributed by atoms with Gasteiger partial charge in [0.25, 0.3) is 0 Å². The molecule has 0 aliphatic heterocycles. The van der Waals surface area contributed by atoms with Gasteiger partial charge in [0.15, 0.2) is 0 Å². The fourth-order valence-electron chi connectivity index (χ4n) is 1.07. The minimum absolute atomic E-state index is 0.224. The van der Waals surface area contributed by atoms with E-state index in [1.54, 1.807) is 0 Å². The molecule has 0 radical (unpaired) electrons. The van der Waals surface area contributed by atoms with Crippen LogP contribution in [-0.2, 0) is 4.79 Å². The van der Waals surface area contributed by atoms with Gasteiger partial charge in [0, 0.05) is 11.6 Å². The van der Waals surface area contributed by atoms with Crippen molar-refractivity contribution in [3.63, 3.8) is 0 Å². The van der Waals surface area contributed by atoms with E-state index in [4.69, 9.17) is 10.8 Å². The monoisotopic (exact) mass is 227 g/mol. The summed E-state index contributed by atoms with van der Waals surface area (Å²) in [6.07, 6.45) is 1.82. The first-order valence-corrected chi connectivity index (χ1v) is 4.12. The van der Waals surface area contributed by atoms with Gasteiger partial charge in [-0.2, -0.15) is 0 Å². The summed E-state index contributed by atoms with van der Waals surface area (Å²) in [4.78, 5) is 20.9. The van der Waals surface area contributed by atoms with Gasteiger partial charge in [-0.15, -0.1) is 0 Å². The lowest BCUT2D eigenvalue weighted by Gasteiger charge is -2.02. The minimum atomic E-state index is -1.72. The second-order valence-electron chi connectivity index (χ2n) is 2.87. The van der Waals surface area contributed by atoms with Crippen molar-refractivity contribution in [3.05, 3.63) is 41.0 Å². The van der Waals surface area contributed by atoms with Crippen LogP contribution < -0.4 is 5.73 Å². The van der Waals surface area contributed by atoms with Crippen molar-refractivity contribution in [3.8, 4) is 0 Å². The molecule has 84 valence electrons. The van der Waals surface area contributed by atoms with Crippen LogP contribution in [0.15, 0.2) is 18.2 Å². The zero-order chi connectivity index (χ0) is 12.3. The number of aromatic carboxylic acids is 1. The summed E-state index contributed by atoms with van der Waals surface area (Å²) >= 11 is 0. The molecule has 6 heteroatoms. The number of carboxylic acid groups (broad SMARTS) is 1. The molecule has 1 rings (SSSR count). The van der Waals surface area contributed by atoms with Gasteiger partial charge in [-0.3, -0.25) is 4.79 Å². The molecular formula is C10H7F2NO3. The number of hydrogen-bond donors (Lipinski definition) is 2. The number of hydrogen-bond acceptors (Lipinski definition) is 2. The second-order valence-corrected chi connectivity index (χ2v) is 2.87. The third-order valence-electron chi connectivity index (χ3n) is 1.76. The van der Waals surface area contributed by atoms with Gasteiger partial charge in [0.1, 0.15) is 17.2 Å². The Labute approximate surface area is 89.0 Å². The fourth-order valence-corrected chi connectivity index (χ4v) is 1.07. The first-order chi connectivity index (χ1) is 7.43. The van der Waals surface area contributed by atoms with Crippen LogP contribution in [0.25, 0.3) is 6.08 Å². The van der Waals surface area contributed by atoms with Crippen LogP contribution in [0.4, 0.5) is 8.78 Å². The van der Waals surface area contributed by atoms with E-state index < -0.39 is 29.1 Å². The summed E-state index contributed by atoms with van der Waals surface area (Å²) in [5, 5.41) is 8.55. The maximum atomic E-state index is 13.4. The van der Waals surface area contributed by atoms with Gasteiger partial charge >= 0.3 is 5.97 Å². The van der Waals surface area contributed by atoms with Crippen LogP contribution in [0, 0.1) is 11.6 Å². The number of primary amides is 1. The molecule has 1 aromatic rings. The van der Waals surface area contributed by atoms with Crippen LogP contribution >= 0.6 is 0 Å². The first-order valence-electron chi connectivity index (χ1n) is 4.12. The van der Waals surface area contributed by atoms with Crippen molar-refractivity contribution >= 4 is 18.0 Å². The molecule has 0 unspecified atom stereocenters. The molecule has 0 aromatic heterocycles. The number of benzene rings is 1. The molecule has 1 amide bonds. The van der Waals surface area contributed by atoms with Crippen molar-refractivity contribution < 1.29 is 23.5 Å². The van der Waals surface area contributed by atoms with Gasteiger partial charge in [0.05, 0.1) is 0 Å². The third kappa shape index (κ3) is 2.41. The molecule has 4 nitrogen and oxygen atoms in total. The van der Waals surface area contributed by atoms with E-state index in [0.717, 1.165) is 24.3 Å². The maximum Gasteiger partial charge on any atom is 0.341 e. The summed E-state index contributed by atoms with van der Waals surface area (Å²) in [6.45, 7) is 0. The van der Waals surface area contributed by atoms with E-state index in [0.29, 0.717) is 0 Å². The Balaban J connectivity index is 3.29. The topological polar surface area (TPSA) is 80.4 Å². The SMILES string of the molecule is NC(=O)C=Cc1ccc(F)c(C(=O)O)c1F. The van der Waals surface area contributed by atoms with E-state index in [-0.39, 0.29) is 5.56 Å². The number of nitrogens with two attached hydrogens (primary N) is 1. The van der Waals surface area contributed by atoms with Crippen molar-refractivity contribution in [1.82, 2.24) is 0 Å². The predicted molar refractivity (Wildman–Crippen MR) is 51.5 cm³/mol. The number of carboxylic acids is 1. The highest BCUT2D eigenvalue weighted by Gasteiger charge is 2.18. The van der Waals surface area contributed by atoms with E-state index in [9.17, 15) is 18.4 Å². The lowest BCUT2D eigenvalue weighted by Crippen LogP contribution is -2.07. The van der Waals surface area contributed by atoms with E-state index in [2.05, 4.69) is 0 Å². The highest BCUT2D eigenvalue weighted by atomic mass is 19.1. The summed E-state index contributed by atoms with van der Waals surface area (Å²) in [5.41, 5.74) is 3.49. The lowest BCUT2D eigenvalue weighted by molar-refractivity contribution is -0.113. The summed E-state index contributed by atoms with van der Waals surface area (Å²) in [7, 11) is 0. The molecule has 0 bridgehead atoms. The Hall–Kier alpha value is -2.24. The van der Waals surface area contributed by atoms with E-state index in [1.807, 2.05) is 0 Å². The fraction of sp³-hybridized carbons (Fsp3) is 0. The van der Waals surface area contributed by atoms with Crippen molar-refractivity contribution in [1.29, 1.82) is 0 Å². The standard InChI is InChI=1S/C10H7F2NO3/c11-6-3-1-5(2-4-7(13)14)9(12)8(6)10(15)16/h1-4H,(H2,13,14)(H,15,16). The molecule has 0 aliphatic carbocycles. The van der Waals surface area contributed by atoms with Gasteiger partial charge in [-0.05, 0) is 18.2 Å². The van der Waals surface area contributed by atoms with Gasteiger partial charge in [0.2, 0.25) is 5.91 Å². The minimum Gasteiger partial charge on any atom is -0.477 e. The molecule has 0 saturated heterocycles. The first kappa shape index (κ1) is 11.8. The lowest BCUT2D eigenvalue weighted by atomic mass is 10.1. The largest absolute Gasteiger partial charge is 0.477 e. The summed E-state index contributed by atoms with van der Waals surface area (Å²) < 4.78 is 26.4. The Bertz CT molecular complexity index is 483. The van der Waals surface area contributed by atoms with Crippen LogP contribution in [0.5, 0.6) is 0 Å². The zero-order valence-corrected chi connectivity index (χ0v) is 7.91. The molecule has 0 saturated carbocycles. The highest BCUT2D eigenvalue weighted by molar-refractivity contribution is 5.92. The summed E-state index contributed by atoms with van der Waals surface area (Å²) in [6, 6.07) is 1.81. The number of carbonyl (C=O) groups is 2. The van der Waals surface area contributed by atoms with Crippen molar-refractivity contribution in [2.75, 3.05) is 0 Å². The molecule has 3 N–H and O–H groups in total. The normalized spacial score (nSPS) is 10.6. The number of amides is 1. The Kier molecular flexibility index (Phi) is 3.34. The maximum absolute atomic E-state index is 13.4. The molecule has 0 spiro atoms. The zero-order valence-electron chi connectivity index (χ0n) is 7.91. The van der Waals surface area contributed by atoms with Gasteiger partial charge < -0.3 is 10.8 Å². The van der Waals surface area contributed by atoms with Crippen LogP contribution in [-0.4, -0.2) is 17.0 Å². The van der Waals surface area contributed by atoms with Crippen LogP contribution in [0.1, 0.15) is 15.9 Å². The van der Waals surface area contributed by atoms with E-state index >= 15 is 0 Å². The Morgan fingerprint density at radius 3 is 2.44 bits per heavy atom. The molecular weight excluding hydrogens is 220 g/mol.